The maximum absolute atomic E-state index is 5.75. The summed E-state index contributed by atoms with van der Waals surface area (Å²) in [6.45, 7) is 7.23. The summed E-state index contributed by atoms with van der Waals surface area (Å²) in [6, 6.07) is 0.647. The van der Waals surface area contributed by atoms with Crippen molar-refractivity contribution in [3.63, 3.8) is 0 Å². The van der Waals surface area contributed by atoms with Crippen LogP contribution in [0.3, 0.4) is 0 Å². The van der Waals surface area contributed by atoms with Gasteiger partial charge >= 0.3 is 0 Å². The third kappa shape index (κ3) is 1.17. The van der Waals surface area contributed by atoms with Gasteiger partial charge in [0.25, 0.3) is 6.01 Å². The van der Waals surface area contributed by atoms with Crippen LogP contribution >= 0.6 is 0 Å². The fourth-order valence-corrected chi connectivity index (χ4v) is 1.49. The molecule has 0 saturated heterocycles. The van der Waals surface area contributed by atoms with Gasteiger partial charge in [-0.3, -0.25) is 4.57 Å². The standard InChI is InChI=1S/C9H15N3O/c1-6(2)9(3)5-12-4-7(10)11-8(12)13-9/h4,6H,5,10H2,1-3H3. The lowest BCUT2D eigenvalue weighted by molar-refractivity contribution is 0.0585. The highest BCUT2D eigenvalue weighted by Crippen LogP contribution is 2.33. The zero-order chi connectivity index (χ0) is 9.64. The minimum absolute atomic E-state index is 0.129. The molecule has 4 heteroatoms. The summed E-state index contributed by atoms with van der Waals surface area (Å²) >= 11 is 0. The van der Waals surface area contributed by atoms with Gasteiger partial charge < -0.3 is 10.5 Å². The van der Waals surface area contributed by atoms with Crippen molar-refractivity contribution in [2.45, 2.75) is 32.9 Å². The second-order valence-electron chi connectivity index (χ2n) is 4.15. The van der Waals surface area contributed by atoms with E-state index >= 15 is 0 Å². The number of nitrogens with zero attached hydrogens (tertiary/aromatic N) is 2. The summed E-state index contributed by atoms with van der Waals surface area (Å²) in [5.41, 5.74) is 5.41. The van der Waals surface area contributed by atoms with E-state index in [-0.39, 0.29) is 5.60 Å². The molecule has 1 aliphatic heterocycles. The topological polar surface area (TPSA) is 53.1 Å². The highest BCUT2D eigenvalue weighted by Gasteiger charge is 2.38. The predicted octanol–water partition coefficient (Wildman–Crippen LogP) is 1.27. The van der Waals surface area contributed by atoms with Crippen LogP contribution in [0.25, 0.3) is 0 Å². The minimum atomic E-state index is -0.129. The molecule has 0 aliphatic carbocycles. The number of rotatable bonds is 1. The van der Waals surface area contributed by atoms with Crippen LogP contribution in [0.2, 0.25) is 0 Å². The molecule has 0 spiro atoms. The molecular formula is C9H15N3O. The molecular weight excluding hydrogens is 166 g/mol. The van der Waals surface area contributed by atoms with Crippen molar-refractivity contribution >= 4 is 5.82 Å². The quantitative estimate of drug-likeness (QED) is 0.710. The van der Waals surface area contributed by atoms with Crippen LogP contribution < -0.4 is 10.5 Å². The van der Waals surface area contributed by atoms with Crippen LogP contribution in [0, 0.1) is 5.92 Å². The average molecular weight is 181 g/mol. The smallest absolute Gasteiger partial charge is 0.299 e. The van der Waals surface area contributed by atoms with Gasteiger partial charge in [-0.2, -0.15) is 4.98 Å². The van der Waals surface area contributed by atoms with Gasteiger partial charge in [-0.15, -0.1) is 0 Å². The maximum Gasteiger partial charge on any atom is 0.299 e. The Labute approximate surface area is 77.7 Å². The van der Waals surface area contributed by atoms with E-state index in [9.17, 15) is 0 Å². The van der Waals surface area contributed by atoms with E-state index in [1.165, 1.54) is 0 Å². The summed E-state index contributed by atoms with van der Waals surface area (Å²) in [6.07, 6.45) is 1.82. The van der Waals surface area contributed by atoms with Crippen LogP contribution in [0.1, 0.15) is 20.8 Å². The molecule has 0 bridgehead atoms. The van der Waals surface area contributed by atoms with Crippen LogP contribution in [0.4, 0.5) is 5.82 Å². The number of hydrogen-bond donors (Lipinski definition) is 1. The molecule has 2 N–H and O–H groups in total. The Morgan fingerprint density at radius 2 is 2.38 bits per heavy atom. The number of nitrogens with two attached hydrogens (primary N) is 1. The Hall–Kier alpha value is -1.19. The molecule has 0 fully saturated rings. The highest BCUT2D eigenvalue weighted by atomic mass is 16.5. The summed E-state index contributed by atoms with van der Waals surface area (Å²) in [4.78, 5) is 4.09. The second kappa shape index (κ2) is 2.40. The van der Waals surface area contributed by atoms with Gasteiger partial charge in [0, 0.05) is 0 Å². The molecule has 13 heavy (non-hydrogen) atoms. The largest absolute Gasteiger partial charge is 0.456 e. The van der Waals surface area contributed by atoms with Gasteiger partial charge in [0.15, 0.2) is 0 Å². The summed E-state index contributed by atoms with van der Waals surface area (Å²) in [5.74, 6) is 0.997. The van der Waals surface area contributed by atoms with Crippen molar-refractivity contribution in [1.29, 1.82) is 0 Å². The van der Waals surface area contributed by atoms with Gasteiger partial charge in [0.2, 0.25) is 0 Å². The Bertz CT molecular complexity index is 306. The van der Waals surface area contributed by atoms with E-state index < -0.39 is 0 Å². The normalized spacial score (nSPS) is 26.2. The Balaban J connectivity index is 2.28. The average Bonchev–Trinajstić information content (AvgIpc) is 2.42. The number of fused-ring (bicyclic) bond motifs is 1. The molecule has 1 aromatic heterocycles. The molecule has 1 aliphatic rings. The monoisotopic (exact) mass is 181 g/mol. The number of aromatic nitrogens is 2. The number of nitrogen functional groups attached to an aromatic ring is 1. The van der Waals surface area contributed by atoms with Crippen molar-refractivity contribution in [3.05, 3.63) is 6.20 Å². The minimum Gasteiger partial charge on any atom is -0.456 e. The van der Waals surface area contributed by atoms with Gasteiger partial charge in [-0.1, -0.05) is 13.8 Å². The van der Waals surface area contributed by atoms with Crippen LogP contribution in [0.15, 0.2) is 6.20 Å². The SMILES string of the molecule is CC(C)C1(C)Cn2cc(N)nc2O1. The summed E-state index contributed by atoms with van der Waals surface area (Å²) in [7, 11) is 0. The van der Waals surface area contributed by atoms with Crippen molar-refractivity contribution in [1.82, 2.24) is 9.55 Å². The lowest BCUT2D eigenvalue weighted by atomic mass is 9.93. The second-order valence-corrected chi connectivity index (χ2v) is 4.15. The molecule has 1 aromatic rings. The molecule has 4 nitrogen and oxygen atoms in total. The van der Waals surface area contributed by atoms with Crippen LogP contribution in [0.5, 0.6) is 6.01 Å². The number of anilines is 1. The van der Waals surface area contributed by atoms with Gasteiger partial charge in [0.05, 0.1) is 12.7 Å². The zero-order valence-electron chi connectivity index (χ0n) is 8.24. The van der Waals surface area contributed by atoms with Gasteiger partial charge in [0.1, 0.15) is 11.4 Å². The van der Waals surface area contributed by atoms with Crippen LogP contribution in [-0.2, 0) is 6.54 Å². The molecule has 0 saturated carbocycles. The summed E-state index contributed by atoms with van der Waals surface area (Å²) in [5, 5.41) is 0. The first-order valence-electron chi connectivity index (χ1n) is 4.53. The highest BCUT2D eigenvalue weighted by molar-refractivity contribution is 5.30. The van der Waals surface area contributed by atoms with E-state index in [0.717, 1.165) is 6.54 Å². The fraction of sp³-hybridized carbons (Fsp3) is 0.667. The molecule has 0 radical (unpaired) electrons. The Kier molecular flexibility index (Phi) is 1.55. The molecule has 1 atom stereocenters. The Morgan fingerprint density at radius 1 is 1.69 bits per heavy atom. The van der Waals surface area contributed by atoms with Crippen molar-refractivity contribution in [2.75, 3.05) is 5.73 Å². The third-order valence-electron chi connectivity index (χ3n) is 2.79. The van der Waals surface area contributed by atoms with Crippen molar-refractivity contribution in [3.8, 4) is 6.01 Å². The van der Waals surface area contributed by atoms with E-state index in [2.05, 4.69) is 25.8 Å². The van der Waals surface area contributed by atoms with E-state index in [0.29, 0.717) is 17.7 Å². The number of imidazole rings is 1. The first-order chi connectivity index (χ1) is 6.01. The first kappa shape index (κ1) is 8.41. The molecule has 2 heterocycles. The molecule has 0 amide bonds. The molecule has 0 aromatic carbocycles. The van der Waals surface area contributed by atoms with Crippen molar-refractivity contribution in [2.24, 2.45) is 5.92 Å². The number of hydrogen-bond acceptors (Lipinski definition) is 3. The molecule has 1 unspecified atom stereocenters. The van der Waals surface area contributed by atoms with E-state index in [1.54, 1.807) is 0 Å². The summed E-state index contributed by atoms with van der Waals surface area (Å²) < 4.78 is 7.72. The lowest BCUT2D eigenvalue weighted by Crippen LogP contribution is -2.37. The molecule has 72 valence electrons. The number of ether oxygens (including phenoxy) is 1. The maximum atomic E-state index is 5.75. The third-order valence-corrected chi connectivity index (χ3v) is 2.79. The lowest BCUT2D eigenvalue weighted by Gasteiger charge is -2.26. The first-order valence-corrected chi connectivity index (χ1v) is 4.53. The predicted molar refractivity (Wildman–Crippen MR) is 50.5 cm³/mol. The Morgan fingerprint density at radius 3 is 2.92 bits per heavy atom. The fourth-order valence-electron chi connectivity index (χ4n) is 1.49. The van der Waals surface area contributed by atoms with Crippen LogP contribution in [-0.4, -0.2) is 15.2 Å². The van der Waals surface area contributed by atoms with E-state index in [1.807, 2.05) is 10.8 Å². The zero-order valence-corrected chi connectivity index (χ0v) is 8.24. The van der Waals surface area contributed by atoms with Crippen molar-refractivity contribution < 1.29 is 4.74 Å². The van der Waals surface area contributed by atoms with Gasteiger partial charge in [-0.25, -0.2) is 0 Å². The van der Waals surface area contributed by atoms with E-state index in [4.69, 9.17) is 10.5 Å². The van der Waals surface area contributed by atoms with Gasteiger partial charge in [-0.05, 0) is 12.8 Å². The molecule has 2 rings (SSSR count).